The van der Waals surface area contributed by atoms with E-state index in [-0.39, 0.29) is 6.61 Å². The summed E-state index contributed by atoms with van der Waals surface area (Å²) >= 11 is 11.3. The van der Waals surface area contributed by atoms with Gasteiger partial charge < -0.3 is 15.3 Å². The van der Waals surface area contributed by atoms with Crippen molar-refractivity contribution in [1.29, 1.82) is 0 Å². The van der Waals surface area contributed by atoms with Crippen LogP contribution in [0.5, 0.6) is 0 Å². The van der Waals surface area contributed by atoms with Gasteiger partial charge in [-0.2, -0.15) is 0 Å². The number of halogens is 1. The molecule has 0 fully saturated rings. The molecule has 0 aliphatic rings. The molecular weight excluding hydrogens is 292 g/mol. The smallest absolute Gasteiger partial charge is 0.178 e. The summed E-state index contributed by atoms with van der Waals surface area (Å²) in [6, 6.07) is 17.0. The lowest BCUT2D eigenvalue weighted by Crippen LogP contribution is -2.36. The van der Waals surface area contributed by atoms with Crippen LogP contribution in [0.1, 0.15) is 0 Å². The highest BCUT2D eigenvalue weighted by molar-refractivity contribution is 7.80. The van der Waals surface area contributed by atoms with Gasteiger partial charge in [0.2, 0.25) is 0 Å². The van der Waals surface area contributed by atoms with Crippen LogP contribution in [0.4, 0.5) is 11.4 Å². The maximum absolute atomic E-state index is 9.21. The van der Waals surface area contributed by atoms with Gasteiger partial charge in [-0.1, -0.05) is 29.8 Å². The number of nitrogens with zero attached hydrogens (tertiary/aromatic N) is 1. The van der Waals surface area contributed by atoms with Gasteiger partial charge in [0.15, 0.2) is 5.11 Å². The molecule has 0 saturated carbocycles. The fourth-order valence-corrected chi connectivity index (χ4v) is 2.22. The first kappa shape index (κ1) is 14.8. The minimum Gasteiger partial charge on any atom is -0.395 e. The summed E-state index contributed by atoms with van der Waals surface area (Å²) in [5, 5.41) is 13.6. The summed E-state index contributed by atoms with van der Waals surface area (Å²) in [6.07, 6.45) is 0. The Hall–Kier alpha value is -1.62. The van der Waals surface area contributed by atoms with Crippen LogP contribution in [0.2, 0.25) is 5.02 Å². The van der Waals surface area contributed by atoms with E-state index in [0.29, 0.717) is 16.7 Å². The molecule has 0 amide bonds. The molecule has 2 aromatic rings. The fourth-order valence-electron chi connectivity index (χ4n) is 1.78. The summed E-state index contributed by atoms with van der Waals surface area (Å²) in [5.74, 6) is 0. The third-order valence-electron chi connectivity index (χ3n) is 2.73. The van der Waals surface area contributed by atoms with Gasteiger partial charge in [0.25, 0.3) is 0 Å². The molecule has 0 aliphatic heterocycles. The van der Waals surface area contributed by atoms with Gasteiger partial charge in [0, 0.05) is 22.9 Å². The van der Waals surface area contributed by atoms with Crippen LogP contribution in [-0.2, 0) is 0 Å². The number of hydrogen-bond donors (Lipinski definition) is 2. The number of aliphatic hydroxyl groups is 1. The van der Waals surface area contributed by atoms with E-state index in [4.69, 9.17) is 23.8 Å². The maximum Gasteiger partial charge on any atom is 0.178 e. The Morgan fingerprint density at radius 1 is 1.10 bits per heavy atom. The molecule has 0 bridgehead atoms. The molecular formula is C15H15ClN2OS. The van der Waals surface area contributed by atoms with Crippen molar-refractivity contribution in [3.63, 3.8) is 0 Å². The molecule has 0 spiro atoms. The molecule has 0 unspecified atom stereocenters. The van der Waals surface area contributed by atoms with Crippen LogP contribution < -0.4 is 10.2 Å². The highest BCUT2D eigenvalue weighted by Gasteiger charge is 2.11. The van der Waals surface area contributed by atoms with Crippen molar-refractivity contribution in [2.45, 2.75) is 0 Å². The van der Waals surface area contributed by atoms with E-state index in [1.165, 1.54) is 0 Å². The van der Waals surface area contributed by atoms with Crippen molar-refractivity contribution in [1.82, 2.24) is 0 Å². The molecule has 0 aromatic heterocycles. The molecule has 5 heteroatoms. The summed E-state index contributed by atoms with van der Waals surface area (Å²) in [6.45, 7) is 0.430. The summed E-state index contributed by atoms with van der Waals surface area (Å²) < 4.78 is 0. The third-order valence-corrected chi connectivity index (χ3v) is 3.31. The zero-order valence-corrected chi connectivity index (χ0v) is 12.4. The average molecular weight is 307 g/mol. The Morgan fingerprint density at radius 2 is 1.75 bits per heavy atom. The Bertz CT molecular complexity index is 560. The standard InChI is InChI=1S/C15H15ClN2OS/c16-12-6-8-14(9-7-12)18(10-11-19)15(20)17-13-4-2-1-3-5-13/h1-9,19H,10-11H2,(H,17,20). The van der Waals surface area contributed by atoms with Gasteiger partial charge in [-0.25, -0.2) is 0 Å². The topological polar surface area (TPSA) is 35.5 Å². The van der Waals surface area contributed by atoms with E-state index in [0.717, 1.165) is 11.4 Å². The van der Waals surface area contributed by atoms with E-state index in [1.807, 2.05) is 47.4 Å². The molecule has 0 aliphatic carbocycles. The minimum absolute atomic E-state index is 0.0131. The quantitative estimate of drug-likeness (QED) is 0.847. The predicted octanol–water partition coefficient (Wildman–Crippen LogP) is 3.54. The lowest BCUT2D eigenvalue weighted by Gasteiger charge is -2.25. The highest BCUT2D eigenvalue weighted by atomic mass is 35.5. The van der Waals surface area contributed by atoms with Crippen molar-refractivity contribution < 1.29 is 5.11 Å². The minimum atomic E-state index is 0.0131. The van der Waals surface area contributed by atoms with E-state index in [9.17, 15) is 5.11 Å². The van der Waals surface area contributed by atoms with Gasteiger partial charge in [-0.05, 0) is 48.6 Å². The van der Waals surface area contributed by atoms with Crippen molar-refractivity contribution >= 4 is 40.3 Å². The first-order valence-corrected chi connectivity index (χ1v) is 6.99. The van der Waals surface area contributed by atoms with Crippen LogP contribution in [0.25, 0.3) is 0 Å². The number of aliphatic hydroxyl groups excluding tert-OH is 1. The summed E-state index contributed by atoms with van der Waals surface area (Å²) in [7, 11) is 0. The zero-order valence-electron chi connectivity index (χ0n) is 10.8. The van der Waals surface area contributed by atoms with E-state index < -0.39 is 0 Å². The van der Waals surface area contributed by atoms with Crippen molar-refractivity contribution in [3.05, 3.63) is 59.6 Å². The molecule has 2 N–H and O–H groups in total. The van der Waals surface area contributed by atoms with Crippen LogP contribution in [0, 0.1) is 0 Å². The number of para-hydroxylation sites is 1. The fraction of sp³-hybridized carbons (Fsp3) is 0.133. The second kappa shape index (κ2) is 7.24. The first-order chi connectivity index (χ1) is 9.70. The Balaban J connectivity index is 2.15. The number of anilines is 2. The van der Waals surface area contributed by atoms with Crippen LogP contribution >= 0.6 is 23.8 Å². The maximum atomic E-state index is 9.21. The lowest BCUT2D eigenvalue weighted by molar-refractivity contribution is 0.306. The highest BCUT2D eigenvalue weighted by Crippen LogP contribution is 2.19. The van der Waals surface area contributed by atoms with Crippen molar-refractivity contribution in [3.8, 4) is 0 Å². The molecule has 104 valence electrons. The van der Waals surface area contributed by atoms with Gasteiger partial charge in [0.05, 0.1) is 6.61 Å². The van der Waals surface area contributed by atoms with Gasteiger partial charge >= 0.3 is 0 Å². The largest absolute Gasteiger partial charge is 0.395 e. The number of rotatable bonds is 4. The molecule has 20 heavy (non-hydrogen) atoms. The second-order valence-corrected chi connectivity index (χ2v) is 4.97. The number of benzene rings is 2. The van der Waals surface area contributed by atoms with E-state index in [2.05, 4.69) is 5.32 Å². The van der Waals surface area contributed by atoms with Gasteiger partial charge in [-0.3, -0.25) is 0 Å². The lowest BCUT2D eigenvalue weighted by atomic mass is 10.3. The normalized spacial score (nSPS) is 10.1. The van der Waals surface area contributed by atoms with E-state index >= 15 is 0 Å². The molecule has 0 heterocycles. The predicted molar refractivity (Wildman–Crippen MR) is 88.5 cm³/mol. The van der Waals surface area contributed by atoms with Crippen LogP contribution in [-0.4, -0.2) is 23.4 Å². The second-order valence-electron chi connectivity index (χ2n) is 4.15. The molecule has 0 saturated heterocycles. The monoisotopic (exact) mass is 306 g/mol. The molecule has 0 radical (unpaired) electrons. The van der Waals surface area contributed by atoms with Gasteiger partial charge in [0.1, 0.15) is 0 Å². The Kier molecular flexibility index (Phi) is 5.35. The van der Waals surface area contributed by atoms with Crippen molar-refractivity contribution in [2.75, 3.05) is 23.4 Å². The number of thiocarbonyl (C=S) groups is 1. The molecule has 2 rings (SSSR count). The SMILES string of the molecule is OCCN(C(=S)Nc1ccccc1)c1ccc(Cl)cc1. The van der Waals surface area contributed by atoms with Gasteiger partial charge in [-0.15, -0.1) is 0 Å². The number of nitrogens with one attached hydrogen (secondary N) is 1. The van der Waals surface area contributed by atoms with E-state index in [1.54, 1.807) is 12.1 Å². The average Bonchev–Trinajstić information content (AvgIpc) is 2.47. The molecule has 0 atom stereocenters. The van der Waals surface area contributed by atoms with Crippen LogP contribution in [0.3, 0.4) is 0 Å². The summed E-state index contributed by atoms with van der Waals surface area (Å²) in [4.78, 5) is 1.83. The molecule has 3 nitrogen and oxygen atoms in total. The Morgan fingerprint density at radius 3 is 2.35 bits per heavy atom. The third kappa shape index (κ3) is 3.93. The summed E-state index contributed by atoms with van der Waals surface area (Å²) in [5.41, 5.74) is 1.80. The van der Waals surface area contributed by atoms with Crippen LogP contribution in [0.15, 0.2) is 54.6 Å². The first-order valence-electron chi connectivity index (χ1n) is 6.20. The number of hydrogen-bond acceptors (Lipinski definition) is 2. The Labute approximate surface area is 128 Å². The molecule has 2 aromatic carbocycles. The zero-order chi connectivity index (χ0) is 14.4. The van der Waals surface area contributed by atoms with Crippen molar-refractivity contribution in [2.24, 2.45) is 0 Å².